The highest BCUT2D eigenvalue weighted by molar-refractivity contribution is 9.10. The van der Waals surface area contributed by atoms with Gasteiger partial charge >= 0.3 is 0 Å². The Bertz CT molecular complexity index is 432. The third kappa shape index (κ3) is 3.60. The van der Waals surface area contributed by atoms with Crippen LogP contribution in [0, 0.1) is 5.41 Å². The molecule has 1 heterocycles. The normalized spacial score (nSPS) is 21.1. The molecule has 5 heteroatoms. The predicted octanol–water partition coefficient (Wildman–Crippen LogP) is 3.17. The third-order valence-electron chi connectivity index (χ3n) is 4.06. The lowest BCUT2D eigenvalue weighted by molar-refractivity contribution is -0.0145. The van der Waals surface area contributed by atoms with Crippen LogP contribution in [-0.4, -0.2) is 22.2 Å². The number of halogens is 1. The number of anilines is 2. The van der Waals surface area contributed by atoms with Gasteiger partial charge in [0, 0.05) is 12.7 Å². The number of hydrogen-bond donors (Lipinski definition) is 3. The van der Waals surface area contributed by atoms with Gasteiger partial charge in [0.25, 0.3) is 0 Å². The molecule has 1 aliphatic rings. The van der Waals surface area contributed by atoms with Crippen LogP contribution in [0.25, 0.3) is 0 Å². The molecule has 0 bridgehead atoms. The number of pyridine rings is 1. The topological polar surface area (TPSA) is 71.2 Å². The molecule has 1 saturated carbocycles. The Labute approximate surface area is 122 Å². The minimum atomic E-state index is -0.634. The maximum Gasteiger partial charge on any atom is 0.0819 e. The Hall–Kier alpha value is -0.810. The summed E-state index contributed by atoms with van der Waals surface area (Å²) in [7, 11) is 0. The Morgan fingerprint density at radius 2 is 1.95 bits per heavy atom. The molecule has 0 aromatic carbocycles. The fourth-order valence-electron chi connectivity index (χ4n) is 2.46. The van der Waals surface area contributed by atoms with Crippen LogP contribution in [0.1, 0.15) is 39.5 Å². The summed E-state index contributed by atoms with van der Waals surface area (Å²) in [5, 5.41) is 13.9. The SMILES string of the molecule is CC1(C)CCC(O)(CNc2c(N)cncc2Br)CC1. The minimum Gasteiger partial charge on any atom is -0.396 e. The molecule has 0 aliphatic heterocycles. The van der Waals surface area contributed by atoms with E-state index in [4.69, 9.17) is 5.73 Å². The van der Waals surface area contributed by atoms with Crippen molar-refractivity contribution in [3.05, 3.63) is 16.9 Å². The molecular formula is C14H22BrN3O. The number of nitrogens with zero attached hydrogens (tertiary/aromatic N) is 1. The Balaban J connectivity index is 1.99. The zero-order valence-corrected chi connectivity index (χ0v) is 13.1. The largest absolute Gasteiger partial charge is 0.396 e. The zero-order chi connectivity index (χ0) is 14.1. The van der Waals surface area contributed by atoms with Gasteiger partial charge in [0.15, 0.2) is 0 Å². The van der Waals surface area contributed by atoms with Crippen molar-refractivity contribution in [2.24, 2.45) is 5.41 Å². The van der Waals surface area contributed by atoms with E-state index in [0.29, 0.717) is 17.6 Å². The molecule has 0 unspecified atom stereocenters. The molecule has 0 radical (unpaired) electrons. The fraction of sp³-hybridized carbons (Fsp3) is 0.643. The Morgan fingerprint density at radius 3 is 2.53 bits per heavy atom. The first-order chi connectivity index (χ1) is 8.81. The van der Waals surface area contributed by atoms with E-state index >= 15 is 0 Å². The number of hydrogen-bond acceptors (Lipinski definition) is 4. The summed E-state index contributed by atoms with van der Waals surface area (Å²) < 4.78 is 0.826. The van der Waals surface area contributed by atoms with Gasteiger partial charge in [-0.25, -0.2) is 0 Å². The van der Waals surface area contributed by atoms with Crippen LogP contribution >= 0.6 is 15.9 Å². The van der Waals surface area contributed by atoms with Gasteiger partial charge in [-0.05, 0) is 47.0 Å². The summed E-state index contributed by atoms with van der Waals surface area (Å²) in [5.41, 5.74) is 7.01. The number of nitrogens with one attached hydrogen (secondary N) is 1. The van der Waals surface area contributed by atoms with Crippen LogP contribution in [0.2, 0.25) is 0 Å². The van der Waals surface area contributed by atoms with Crippen molar-refractivity contribution in [3.63, 3.8) is 0 Å². The number of nitrogen functional groups attached to an aromatic ring is 1. The van der Waals surface area contributed by atoms with Crippen molar-refractivity contribution < 1.29 is 5.11 Å². The van der Waals surface area contributed by atoms with Crippen LogP contribution in [0.3, 0.4) is 0 Å². The number of aliphatic hydroxyl groups is 1. The average Bonchev–Trinajstić information content (AvgIpc) is 2.33. The van der Waals surface area contributed by atoms with E-state index in [1.54, 1.807) is 12.4 Å². The van der Waals surface area contributed by atoms with E-state index in [0.717, 1.165) is 35.8 Å². The Morgan fingerprint density at radius 1 is 1.32 bits per heavy atom. The lowest BCUT2D eigenvalue weighted by Crippen LogP contribution is -2.42. The van der Waals surface area contributed by atoms with Crippen LogP contribution in [0.5, 0.6) is 0 Å². The summed E-state index contributed by atoms with van der Waals surface area (Å²) in [4.78, 5) is 4.00. The molecule has 1 aliphatic carbocycles. The second kappa shape index (κ2) is 5.29. The minimum absolute atomic E-state index is 0.350. The van der Waals surface area contributed by atoms with Crippen molar-refractivity contribution >= 4 is 27.3 Å². The van der Waals surface area contributed by atoms with Crippen molar-refractivity contribution in [1.82, 2.24) is 4.98 Å². The first-order valence-corrected chi connectivity index (χ1v) is 7.46. The van der Waals surface area contributed by atoms with Crippen LogP contribution in [0.4, 0.5) is 11.4 Å². The summed E-state index contributed by atoms with van der Waals surface area (Å²) in [6, 6.07) is 0. The first kappa shape index (κ1) is 14.6. The molecular weight excluding hydrogens is 306 g/mol. The highest BCUT2D eigenvalue weighted by atomic mass is 79.9. The van der Waals surface area contributed by atoms with E-state index in [1.165, 1.54) is 0 Å². The number of nitrogens with two attached hydrogens (primary N) is 1. The fourth-order valence-corrected chi connectivity index (χ4v) is 2.95. The van der Waals surface area contributed by atoms with Crippen LogP contribution < -0.4 is 11.1 Å². The molecule has 0 saturated heterocycles. The lowest BCUT2D eigenvalue weighted by atomic mass is 9.71. The molecule has 4 nitrogen and oxygen atoms in total. The van der Waals surface area contributed by atoms with Gasteiger partial charge in [-0.2, -0.15) is 0 Å². The van der Waals surface area contributed by atoms with Gasteiger partial charge in [0.2, 0.25) is 0 Å². The first-order valence-electron chi connectivity index (χ1n) is 6.67. The van der Waals surface area contributed by atoms with Gasteiger partial charge in [-0.1, -0.05) is 13.8 Å². The van der Waals surface area contributed by atoms with E-state index in [2.05, 4.69) is 40.1 Å². The molecule has 4 N–H and O–H groups in total. The lowest BCUT2D eigenvalue weighted by Gasteiger charge is -2.40. The van der Waals surface area contributed by atoms with Crippen LogP contribution in [0.15, 0.2) is 16.9 Å². The Kier molecular flexibility index (Phi) is 4.06. The molecule has 0 spiro atoms. The van der Waals surface area contributed by atoms with Crippen molar-refractivity contribution in [2.75, 3.05) is 17.6 Å². The van der Waals surface area contributed by atoms with Gasteiger partial charge in [0.05, 0.1) is 27.6 Å². The number of rotatable bonds is 3. The monoisotopic (exact) mass is 327 g/mol. The summed E-state index contributed by atoms with van der Waals surface area (Å²) >= 11 is 3.42. The number of aromatic nitrogens is 1. The van der Waals surface area contributed by atoms with Gasteiger partial charge in [0.1, 0.15) is 0 Å². The van der Waals surface area contributed by atoms with E-state index < -0.39 is 5.60 Å². The molecule has 106 valence electrons. The van der Waals surface area contributed by atoms with Crippen molar-refractivity contribution in [1.29, 1.82) is 0 Å². The molecule has 1 aromatic heterocycles. The molecule has 19 heavy (non-hydrogen) atoms. The van der Waals surface area contributed by atoms with Crippen molar-refractivity contribution in [3.8, 4) is 0 Å². The molecule has 0 amide bonds. The van der Waals surface area contributed by atoms with E-state index in [1.807, 2.05) is 0 Å². The van der Waals surface area contributed by atoms with E-state index in [-0.39, 0.29) is 0 Å². The average molecular weight is 328 g/mol. The zero-order valence-electron chi connectivity index (χ0n) is 11.5. The maximum atomic E-state index is 10.6. The highest BCUT2D eigenvalue weighted by Gasteiger charge is 2.36. The molecule has 0 atom stereocenters. The molecule has 1 aromatic rings. The molecule has 2 rings (SSSR count). The second-order valence-corrected chi connectivity index (χ2v) is 7.18. The second-order valence-electron chi connectivity index (χ2n) is 6.33. The standard InChI is InChI=1S/C14H22BrN3O/c1-13(2)3-5-14(19,6-4-13)9-18-12-10(15)7-17-8-11(12)16/h7-8,19H,3-6,9,16H2,1-2H3,(H,17,18). The molecule has 1 fully saturated rings. The van der Waals surface area contributed by atoms with Gasteiger partial charge < -0.3 is 16.2 Å². The smallest absolute Gasteiger partial charge is 0.0819 e. The maximum absolute atomic E-state index is 10.6. The van der Waals surface area contributed by atoms with E-state index in [9.17, 15) is 5.11 Å². The summed E-state index contributed by atoms with van der Waals surface area (Å²) in [6.45, 7) is 5.05. The van der Waals surface area contributed by atoms with Gasteiger partial charge in [-0.15, -0.1) is 0 Å². The highest BCUT2D eigenvalue weighted by Crippen LogP contribution is 2.40. The van der Waals surface area contributed by atoms with Crippen LogP contribution in [-0.2, 0) is 0 Å². The third-order valence-corrected chi connectivity index (χ3v) is 4.66. The predicted molar refractivity (Wildman–Crippen MR) is 82.0 cm³/mol. The quantitative estimate of drug-likeness (QED) is 0.797. The summed E-state index contributed by atoms with van der Waals surface area (Å²) in [5.74, 6) is 0. The van der Waals surface area contributed by atoms with Gasteiger partial charge in [-0.3, -0.25) is 4.98 Å². The van der Waals surface area contributed by atoms with Crippen molar-refractivity contribution in [2.45, 2.75) is 45.1 Å². The summed E-state index contributed by atoms with van der Waals surface area (Å²) in [6.07, 6.45) is 7.08.